The Hall–Kier alpha value is -0.970. The molecule has 0 aliphatic carbocycles. The van der Waals surface area contributed by atoms with Gasteiger partial charge in [-0.15, -0.1) is 11.3 Å². The molecule has 1 aromatic heterocycles. The van der Waals surface area contributed by atoms with E-state index < -0.39 is 0 Å². The van der Waals surface area contributed by atoms with Crippen LogP contribution in [0.5, 0.6) is 0 Å². The first kappa shape index (κ1) is 10.5. The van der Waals surface area contributed by atoms with Crippen LogP contribution in [-0.4, -0.2) is 11.0 Å². The number of thiazole rings is 1. The van der Waals surface area contributed by atoms with Crippen molar-refractivity contribution in [3.8, 4) is 0 Å². The zero-order valence-corrected chi connectivity index (χ0v) is 9.55. The summed E-state index contributed by atoms with van der Waals surface area (Å²) < 4.78 is 1.25. The molecule has 0 amide bonds. The number of benzene rings is 1. The van der Waals surface area contributed by atoms with Crippen molar-refractivity contribution in [1.29, 1.82) is 0 Å². The van der Waals surface area contributed by atoms with Crippen LogP contribution in [0.3, 0.4) is 0 Å². The molecule has 15 heavy (non-hydrogen) atoms. The molecule has 80 valence electrons. The second-order valence-electron chi connectivity index (χ2n) is 3.55. The highest BCUT2D eigenvalue weighted by Gasteiger charge is 2.09. The van der Waals surface area contributed by atoms with Gasteiger partial charge < -0.3 is 0 Å². The molecule has 0 saturated heterocycles. The molecule has 2 aromatic rings. The van der Waals surface area contributed by atoms with E-state index >= 15 is 0 Å². The third kappa shape index (κ3) is 2.34. The molecule has 0 bridgehead atoms. The number of nitrogens with one attached hydrogen (secondary N) is 1. The lowest BCUT2D eigenvalue weighted by molar-refractivity contribution is 0.510. The normalized spacial score (nSPS) is 13.2. The van der Waals surface area contributed by atoms with E-state index in [1.54, 1.807) is 11.3 Å². The molecule has 0 spiro atoms. The predicted molar refractivity (Wildman–Crippen MR) is 64.7 cm³/mol. The van der Waals surface area contributed by atoms with Crippen molar-refractivity contribution in [2.75, 3.05) is 0 Å². The minimum absolute atomic E-state index is 0.325. The third-order valence-corrected chi connectivity index (χ3v) is 3.55. The number of rotatable bonds is 4. The van der Waals surface area contributed by atoms with Crippen LogP contribution < -0.4 is 11.3 Å². The van der Waals surface area contributed by atoms with Gasteiger partial charge in [0.15, 0.2) is 0 Å². The Morgan fingerprint density at radius 1 is 1.47 bits per heavy atom. The van der Waals surface area contributed by atoms with Crippen molar-refractivity contribution >= 4 is 21.6 Å². The molecule has 0 saturated carbocycles. The average Bonchev–Trinajstić information content (AvgIpc) is 2.68. The van der Waals surface area contributed by atoms with Crippen molar-refractivity contribution in [2.24, 2.45) is 5.84 Å². The number of aromatic nitrogens is 1. The highest BCUT2D eigenvalue weighted by atomic mass is 32.1. The van der Waals surface area contributed by atoms with Crippen LogP contribution >= 0.6 is 11.3 Å². The van der Waals surface area contributed by atoms with E-state index in [1.807, 2.05) is 18.2 Å². The van der Waals surface area contributed by atoms with Crippen LogP contribution in [0, 0.1) is 0 Å². The van der Waals surface area contributed by atoms with E-state index in [-0.39, 0.29) is 0 Å². The number of nitrogens with two attached hydrogens (primary N) is 1. The summed E-state index contributed by atoms with van der Waals surface area (Å²) in [6.45, 7) is 2.12. The number of fused-ring (bicyclic) bond motifs is 1. The number of nitrogens with zero attached hydrogens (tertiary/aromatic N) is 1. The van der Waals surface area contributed by atoms with E-state index in [1.165, 1.54) is 4.70 Å². The molecular formula is C11H15N3S. The molecule has 4 heteroatoms. The predicted octanol–water partition coefficient (Wildman–Crippen LogP) is 2.08. The van der Waals surface area contributed by atoms with Crippen LogP contribution in [0.25, 0.3) is 10.2 Å². The molecule has 1 atom stereocenters. The quantitative estimate of drug-likeness (QED) is 0.614. The summed E-state index contributed by atoms with van der Waals surface area (Å²) in [5.74, 6) is 5.45. The first-order chi connectivity index (χ1) is 7.33. The Morgan fingerprint density at radius 3 is 2.93 bits per heavy atom. The van der Waals surface area contributed by atoms with Crippen LogP contribution in [-0.2, 0) is 6.42 Å². The van der Waals surface area contributed by atoms with E-state index in [0.29, 0.717) is 6.04 Å². The van der Waals surface area contributed by atoms with Gasteiger partial charge in [-0.25, -0.2) is 4.98 Å². The monoisotopic (exact) mass is 221 g/mol. The van der Waals surface area contributed by atoms with E-state index in [4.69, 9.17) is 5.84 Å². The lowest BCUT2D eigenvalue weighted by Crippen LogP contribution is -2.36. The number of para-hydroxylation sites is 1. The lowest BCUT2D eigenvalue weighted by Gasteiger charge is -2.10. The smallest absolute Gasteiger partial charge is 0.0954 e. The second kappa shape index (κ2) is 4.70. The van der Waals surface area contributed by atoms with Gasteiger partial charge in [0.05, 0.1) is 15.2 Å². The van der Waals surface area contributed by atoms with Crippen molar-refractivity contribution in [2.45, 2.75) is 25.8 Å². The molecule has 3 nitrogen and oxygen atoms in total. The third-order valence-electron chi connectivity index (χ3n) is 2.49. The van der Waals surface area contributed by atoms with Crippen molar-refractivity contribution in [3.05, 3.63) is 29.3 Å². The standard InChI is InChI=1S/C11H15N3S/c1-2-8(14-12)7-11-13-9-5-3-4-6-10(9)15-11/h3-6,8,14H,2,7,12H2,1H3. The lowest BCUT2D eigenvalue weighted by atomic mass is 10.2. The number of hydrogen-bond donors (Lipinski definition) is 2. The highest BCUT2D eigenvalue weighted by molar-refractivity contribution is 7.18. The maximum absolute atomic E-state index is 5.45. The van der Waals surface area contributed by atoms with Gasteiger partial charge in [0, 0.05) is 12.5 Å². The van der Waals surface area contributed by atoms with Crippen molar-refractivity contribution < 1.29 is 0 Å². The van der Waals surface area contributed by atoms with Crippen LogP contribution in [0.2, 0.25) is 0 Å². The summed E-state index contributed by atoms with van der Waals surface area (Å²) in [6.07, 6.45) is 1.93. The zero-order chi connectivity index (χ0) is 10.7. The van der Waals surface area contributed by atoms with Gasteiger partial charge in [-0.1, -0.05) is 19.1 Å². The van der Waals surface area contributed by atoms with Crippen LogP contribution in [0.15, 0.2) is 24.3 Å². The molecule has 0 radical (unpaired) electrons. The summed E-state index contributed by atoms with van der Waals surface area (Å²) >= 11 is 1.75. The van der Waals surface area contributed by atoms with Gasteiger partial charge in [-0.2, -0.15) is 0 Å². The Kier molecular flexibility index (Phi) is 3.30. The van der Waals surface area contributed by atoms with Crippen LogP contribution in [0.1, 0.15) is 18.4 Å². The summed E-state index contributed by atoms with van der Waals surface area (Å²) in [6, 6.07) is 8.54. The molecular weight excluding hydrogens is 206 g/mol. The molecule has 0 fully saturated rings. The van der Waals surface area contributed by atoms with Gasteiger partial charge in [0.2, 0.25) is 0 Å². The average molecular weight is 221 g/mol. The molecule has 0 aliphatic rings. The van der Waals surface area contributed by atoms with Crippen molar-refractivity contribution in [1.82, 2.24) is 10.4 Å². The molecule has 1 unspecified atom stereocenters. The maximum Gasteiger partial charge on any atom is 0.0954 e. The Balaban J connectivity index is 2.21. The summed E-state index contributed by atoms with van der Waals surface area (Å²) in [4.78, 5) is 4.57. The van der Waals surface area contributed by atoms with Crippen molar-refractivity contribution in [3.63, 3.8) is 0 Å². The van der Waals surface area contributed by atoms with Gasteiger partial charge in [-0.05, 0) is 18.6 Å². The SMILES string of the molecule is CCC(Cc1nc2ccccc2s1)NN. The Morgan fingerprint density at radius 2 is 2.27 bits per heavy atom. The van der Waals surface area contributed by atoms with Gasteiger partial charge >= 0.3 is 0 Å². The second-order valence-corrected chi connectivity index (χ2v) is 4.67. The zero-order valence-electron chi connectivity index (χ0n) is 8.73. The summed E-state index contributed by atoms with van der Waals surface area (Å²) in [5, 5.41) is 1.15. The van der Waals surface area contributed by atoms with Gasteiger partial charge in [0.1, 0.15) is 0 Å². The molecule has 2 rings (SSSR count). The van der Waals surface area contributed by atoms with Crippen LogP contribution in [0.4, 0.5) is 0 Å². The molecule has 0 aliphatic heterocycles. The number of hydrogen-bond acceptors (Lipinski definition) is 4. The van der Waals surface area contributed by atoms with Gasteiger partial charge in [0.25, 0.3) is 0 Å². The Labute approximate surface area is 93.3 Å². The fourth-order valence-electron chi connectivity index (χ4n) is 1.54. The summed E-state index contributed by atoms with van der Waals surface area (Å²) in [5.41, 5.74) is 3.90. The highest BCUT2D eigenvalue weighted by Crippen LogP contribution is 2.22. The van der Waals surface area contributed by atoms with E-state index in [0.717, 1.165) is 23.4 Å². The largest absolute Gasteiger partial charge is 0.271 e. The summed E-state index contributed by atoms with van der Waals surface area (Å²) in [7, 11) is 0. The minimum Gasteiger partial charge on any atom is -0.271 e. The fourth-order valence-corrected chi connectivity index (χ4v) is 2.59. The Bertz CT molecular complexity index is 401. The molecule has 1 aromatic carbocycles. The molecule has 3 N–H and O–H groups in total. The fraction of sp³-hybridized carbons (Fsp3) is 0.364. The van der Waals surface area contributed by atoms with Gasteiger partial charge in [-0.3, -0.25) is 11.3 Å². The molecule has 1 heterocycles. The topological polar surface area (TPSA) is 50.9 Å². The minimum atomic E-state index is 0.325. The van der Waals surface area contributed by atoms with E-state index in [2.05, 4.69) is 23.4 Å². The maximum atomic E-state index is 5.45. The first-order valence-electron chi connectivity index (χ1n) is 5.14. The number of hydrazine groups is 1. The van der Waals surface area contributed by atoms with E-state index in [9.17, 15) is 0 Å². The first-order valence-corrected chi connectivity index (χ1v) is 5.95.